The average Bonchev–Trinajstić information content (AvgIpc) is 3.18. The molecular formula is C21H21N5S. The molecule has 0 radical (unpaired) electrons. The summed E-state index contributed by atoms with van der Waals surface area (Å²) in [6.45, 7) is 4.66. The maximum atomic E-state index is 8.03. The van der Waals surface area contributed by atoms with Gasteiger partial charge in [-0.3, -0.25) is 10.3 Å². The summed E-state index contributed by atoms with van der Waals surface area (Å²) in [7, 11) is 0. The monoisotopic (exact) mass is 375 g/mol. The number of benzene rings is 2. The number of hydrogen-bond donors (Lipinski definition) is 3. The molecule has 4 rings (SSSR count). The fourth-order valence-corrected chi connectivity index (χ4v) is 4.26. The number of aromatic nitrogens is 2. The summed E-state index contributed by atoms with van der Waals surface area (Å²) in [5.74, 6) is -0.00481. The number of hydrogen-bond acceptors (Lipinski definition) is 3. The summed E-state index contributed by atoms with van der Waals surface area (Å²) >= 11 is 1.57. The van der Waals surface area contributed by atoms with Crippen molar-refractivity contribution >= 4 is 33.3 Å². The molecule has 0 aliphatic rings. The van der Waals surface area contributed by atoms with E-state index >= 15 is 0 Å². The summed E-state index contributed by atoms with van der Waals surface area (Å²) in [5, 5.41) is 9.93. The maximum Gasteiger partial charge on any atom is 0.195 e. The van der Waals surface area contributed by atoms with E-state index in [-0.39, 0.29) is 5.96 Å². The van der Waals surface area contributed by atoms with Crippen LogP contribution in [0.25, 0.3) is 22.2 Å². The van der Waals surface area contributed by atoms with Crippen LogP contribution in [0.3, 0.4) is 0 Å². The lowest BCUT2D eigenvalue weighted by molar-refractivity contribution is 0.976. The molecule has 0 aliphatic carbocycles. The van der Waals surface area contributed by atoms with E-state index in [0.717, 1.165) is 43.4 Å². The van der Waals surface area contributed by atoms with E-state index in [9.17, 15) is 0 Å². The van der Waals surface area contributed by atoms with Crippen molar-refractivity contribution in [2.75, 3.05) is 4.90 Å². The third-order valence-electron chi connectivity index (χ3n) is 4.62. The van der Waals surface area contributed by atoms with Crippen molar-refractivity contribution in [3.05, 3.63) is 70.7 Å². The topological polar surface area (TPSA) is 81.8 Å². The number of nitrogens with two attached hydrogens (primary N) is 1. The first-order chi connectivity index (χ1) is 13.0. The molecule has 4 N–H and O–H groups in total. The van der Waals surface area contributed by atoms with E-state index in [2.05, 4.69) is 31.0 Å². The first-order valence-electron chi connectivity index (χ1n) is 8.75. The highest BCUT2D eigenvalue weighted by Gasteiger charge is 2.21. The van der Waals surface area contributed by atoms with Crippen molar-refractivity contribution < 1.29 is 0 Å². The molecule has 0 fully saturated rings. The number of para-hydroxylation sites is 1. The Bertz CT molecular complexity index is 1110. The minimum absolute atomic E-state index is 0.00481. The zero-order valence-electron chi connectivity index (χ0n) is 15.3. The van der Waals surface area contributed by atoms with Crippen molar-refractivity contribution in [1.82, 2.24) is 9.97 Å². The fourth-order valence-electron chi connectivity index (χ4n) is 3.33. The standard InChI is InChI=1S/C21H21N5S/c1-13-18(16-10-6-7-11-17(16)24-13)19-14(2)27-21(25-19)26(20(22)23)12-15-8-4-3-5-9-15/h3-11,24H,12H2,1-2H3,(H3,22,23). The second-order valence-electron chi connectivity index (χ2n) is 6.53. The van der Waals surface area contributed by atoms with E-state index in [0.29, 0.717) is 6.54 Å². The fraction of sp³-hybridized carbons (Fsp3) is 0.143. The van der Waals surface area contributed by atoms with Crippen molar-refractivity contribution in [3.63, 3.8) is 0 Å². The van der Waals surface area contributed by atoms with Gasteiger partial charge < -0.3 is 10.7 Å². The Kier molecular flexibility index (Phi) is 4.41. The molecule has 6 heteroatoms. The predicted octanol–water partition coefficient (Wildman–Crippen LogP) is 4.81. The lowest BCUT2D eigenvalue weighted by Gasteiger charge is -2.19. The van der Waals surface area contributed by atoms with Gasteiger partial charge in [0.05, 0.1) is 12.2 Å². The third kappa shape index (κ3) is 3.19. The zero-order chi connectivity index (χ0) is 19.0. The van der Waals surface area contributed by atoms with Crippen molar-refractivity contribution in [3.8, 4) is 11.3 Å². The Labute approximate surface area is 162 Å². The number of rotatable bonds is 4. The number of aromatic amines is 1. The number of nitrogens with zero attached hydrogens (tertiary/aromatic N) is 2. The normalized spacial score (nSPS) is 11.0. The van der Waals surface area contributed by atoms with Gasteiger partial charge in [0.1, 0.15) is 0 Å². The number of guanidine groups is 1. The van der Waals surface area contributed by atoms with Crippen LogP contribution in [0.1, 0.15) is 16.1 Å². The number of fused-ring (bicyclic) bond motifs is 1. The highest BCUT2D eigenvalue weighted by atomic mass is 32.1. The predicted molar refractivity (Wildman–Crippen MR) is 113 cm³/mol. The highest BCUT2D eigenvalue weighted by Crippen LogP contribution is 2.38. The molecule has 27 heavy (non-hydrogen) atoms. The van der Waals surface area contributed by atoms with E-state index in [1.54, 1.807) is 16.2 Å². The third-order valence-corrected chi connectivity index (χ3v) is 5.61. The second-order valence-corrected chi connectivity index (χ2v) is 7.71. The van der Waals surface area contributed by atoms with Gasteiger partial charge in [0.25, 0.3) is 0 Å². The SMILES string of the molecule is Cc1[nH]c2ccccc2c1-c1nc(N(Cc2ccccc2)C(=N)N)sc1C. The lowest BCUT2D eigenvalue weighted by atomic mass is 10.1. The van der Waals surface area contributed by atoms with E-state index in [1.165, 1.54) is 0 Å². The van der Waals surface area contributed by atoms with Gasteiger partial charge >= 0.3 is 0 Å². The molecular weight excluding hydrogens is 354 g/mol. The molecule has 0 atom stereocenters. The van der Waals surface area contributed by atoms with Crippen LogP contribution in [0.4, 0.5) is 5.13 Å². The molecule has 4 aromatic rings. The summed E-state index contributed by atoms with van der Waals surface area (Å²) < 4.78 is 0. The largest absolute Gasteiger partial charge is 0.370 e. The molecule has 2 heterocycles. The Hall–Kier alpha value is -3.12. The van der Waals surface area contributed by atoms with E-state index < -0.39 is 0 Å². The van der Waals surface area contributed by atoms with Crippen LogP contribution < -0.4 is 10.6 Å². The minimum atomic E-state index is -0.00481. The number of nitrogens with one attached hydrogen (secondary N) is 2. The smallest absolute Gasteiger partial charge is 0.195 e. The van der Waals surface area contributed by atoms with Crippen LogP contribution >= 0.6 is 11.3 Å². The van der Waals surface area contributed by atoms with Gasteiger partial charge in [0.2, 0.25) is 0 Å². The number of aryl methyl sites for hydroxylation is 2. The van der Waals surface area contributed by atoms with Crippen LogP contribution in [-0.2, 0) is 6.54 Å². The Morgan fingerprint density at radius 2 is 1.81 bits per heavy atom. The maximum absolute atomic E-state index is 8.03. The first-order valence-corrected chi connectivity index (χ1v) is 9.57. The average molecular weight is 376 g/mol. The molecule has 0 unspecified atom stereocenters. The van der Waals surface area contributed by atoms with Gasteiger partial charge in [-0.25, -0.2) is 4.98 Å². The first kappa shape index (κ1) is 17.3. The van der Waals surface area contributed by atoms with Crippen LogP contribution in [0.5, 0.6) is 0 Å². The Morgan fingerprint density at radius 1 is 1.11 bits per heavy atom. The van der Waals surface area contributed by atoms with Crippen molar-refractivity contribution in [2.24, 2.45) is 5.73 Å². The van der Waals surface area contributed by atoms with Crippen molar-refractivity contribution in [2.45, 2.75) is 20.4 Å². The lowest BCUT2D eigenvalue weighted by Crippen LogP contribution is -2.35. The van der Waals surface area contributed by atoms with Crippen LogP contribution in [0.15, 0.2) is 54.6 Å². The quantitative estimate of drug-likeness (QED) is 0.354. The molecule has 2 aromatic carbocycles. The molecule has 0 aliphatic heterocycles. The molecule has 136 valence electrons. The number of H-pyrrole nitrogens is 1. The zero-order valence-corrected chi connectivity index (χ0v) is 16.1. The van der Waals surface area contributed by atoms with Crippen molar-refractivity contribution in [1.29, 1.82) is 5.41 Å². The molecule has 0 saturated heterocycles. The number of thiazole rings is 1. The van der Waals surface area contributed by atoms with Crippen LogP contribution in [0, 0.1) is 19.3 Å². The molecule has 0 bridgehead atoms. The van der Waals surface area contributed by atoms with Gasteiger partial charge in [-0.05, 0) is 25.5 Å². The highest BCUT2D eigenvalue weighted by molar-refractivity contribution is 7.16. The molecule has 0 saturated carbocycles. The summed E-state index contributed by atoms with van der Waals surface area (Å²) in [6, 6.07) is 18.3. The van der Waals surface area contributed by atoms with Gasteiger partial charge in [-0.2, -0.15) is 0 Å². The molecule has 2 aromatic heterocycles. The number of anilines is 1. The van der Waals surface area contributed by atoms with E-state index in [4.69, 9.17) is 16.1 Å². The Morgan fingerprint density at radius 3 is 2.56 bits per heavy atom. The van der Waals surface area contributed by atoms with Gasteiger partial charge in [0.15, 0.2) is 11.1 Å². The van der Waals surface area contributed by atoms with Crippen LogP contribution in [-0.4, -0.2) is 15.9 Å². The summed E-state index contributed by atoms with van der Waals surface area (Å²) in [5.41, 5.74) is 11.2. The second kappa shape index (κ2) is 6.89. The Balaban J connectivity index is 1.77. The molecule has 0 amide bonds. The minimum Gasteiger partial charge on any atom is -0.370 e. The van der Waals surface area contributed by atoms with Gasteiger partial charge in [-0.1, -0.05) is 48.5 Å². The summed E-state index contributed by atoms with van der Waals surface area (Å²) in [6.07, 6.45) is 0. The summed E-state index contributed by atoms with van der Waals surface area (Å²) in [4.78, 5) is 11.2. The molecule has 0 spiro atoms. The molecule has 5 nitrogen and oxygen atoms in total. The van der Waals surface area contributed by atoms with E-state index in [1.807, 2.05) is 42.5 Å². The van der Waals surface area contributed by atoms with Gasteiger partial charge in [0, 0.05) is 27.0 Å². The van der Waals surface area contributed by atoms with Crippen LogP contribution in [0.2, 0.25) is 0 Å². The van der Waals surface area contributed by atoms with Gasteiger partial charge in [-0.15, -0.1) is 11.3 Å².